The molecule has 0 amide bonds. The first-order chi connectivity index (χ1) is 7.38. The third kappa shape index (κ3) is 2.77. The van der Waals surface area contributed by atoms with Crippen LogP contribution in [0, 0.1) is 0 Å². The molecule has 0 aliphatic heterocycles. The lowest BCUT2D eigenvalue weighted by atomic mass is 10.3. The number of hydrogen-bond donors (Lipinski definition) is 0. The lowest BCUT2D eigenvalue weighted by Crippen LogP contribution is -2.03. The minimum Gasteiger partial charge on any atom is -0.497 e. The van der Waals surface area contributed by atoms with Gasteiger partial charge in [-0.1, -0.05) is 26.8 Å². The average molecular weight is 217 g/mol. The Kier molecular flexibility index (Phi) is 3.31. The summed E-state index contributed by atoms with van der Waals surface area (Å²) in [6.45, 7) is 0. The SMILES string of the molecule is COc1ccc(Pc2cccnc2)cc1. The molecule has 0 radical (unpaired) electrons. The lowest BCUT2D eigenvalue weighted by molar-refractivity contribution is 0.415. The number of nitrogens with zero attached hydrogens (tertiary/aromatic N) is 1. The van der Waals surface area contributed by atoms with E-state index in [0.717, 1.165) is 5.75 Å². The standard InChI is InChI=1S/C12H12NOP/c1-14-10-4-6-11(7-5-10)15-12-3-2-8-13-9-12/h2-9,15H,1H3. The highest BCUT2D eigenvalue weighted by atomic mass is 31.1. The highest BCUT2D eigenvalue weighted by Crippen LogP contribution is 2.13. The molecule has 0 saturated carbocycles. The number of rotatable bonds is 3. The summed E-state index contributed by atoms with van der Waals surface area (Å²) in [5.74, 6) is 0.898. The van der Waals surface area contributed by atoms with E-state index in [0.29, 0.717) is 8.58 Å². The summed E-state index contributed by atoms with van der Waals surface area (Å²) in [4.78, 5) is 4.10. The minimum absolute atomic E-state index is 0.656. The number of methoxy groups -OCH3 is 1. The van der Waals surface area contributed by atoms with Crippen molar-refractivity contribution in [3.8, 4) is 5.75 Å². The van der Waals surface area contributed by atoms with Crippen molar-refractivity contribution < 1.29 is 4.74 Å². The molecule has 1 aromatic heterocycles. The Balaban J connectivity index is 2.11. The van der Waals surface area contributed by atoms with Gasteiger partial charge in [-0.15, -0.1) is 0 Å². The van der Waals surface area contributed by atoms with Crippen LogP contribution in [0.3, 0.4) is 0 Å². The van der Waals surface area contributed by atoms with E-state index in [2.05, 4.69) is 23.2 Å². The maximum absolute atomic E-state index is 5.11. The fourth-order valence-electron chi connectivity index (χ4n) is 1.28. The zero-order valence-corrected chi connectivity index (χ0v) is 9.47. The van der Waals surface area contributed by atoms with Crippen LogP contribution in [-0.2, 0) is 0 Å². The van der Waals surface area contributed by atoms with E-state index in [-0.39, 0.29) is 0 Å². The summed E-state index contributed by atoms with van der Waals surface area (Å²) < 4.78 is 5.11. The van der Waals surface area contributed by atoms with E-state index in [4.69, 9.17) is 4.74 Å². The molecule has 1 heterocycles. The van der Waals surface area contributed by atoms with Gasteiger partial charge in [0.05, 0.1) is 7.11 Å². The largest absolute Gasteiger partial charge is 0.497 e. The van der Waals surface area contributed by atoms with Crippen LogP contribution in [0.1, 0.15) is 0 Å². The van der Waals surface area contributed by atoms with Gasteiger partial charge in [-0.25, -0.2) is 0 Å². The van der Waals surface area contributed by atoms with Crippen LogP contribution in [0.15, 0.2) is 48.8 Å². The van der Waals surface area contributed by atoms with E-state index in [1.165, 1.54) is 10.6 Å². The molecule has 76 valence electrons. The predicted molar refractivity (Wildman–Crippen MR) is 64.8 cm³/mol. The Hall–Kier alpha value is -1.40. The maximum atomic E-state index is 5.11. The third-order valence-corrected chi connectivity index (χ3v) is 3.25. The highest BCUT2D eigenvalue weighted by molar-refractivity contribution is 7.55. The topological polar surface area (TPSA) is 22.1 Å². The van der Waals surface area contributed by atoms with Crippen molar-refractivity contribution in [3.63, 3.8) is 0 Å². The summed E-state index contributed by atoms with van der Waals surface area (Å²) in [5, 5.41) is 2.55. The van der Waals surface area contributed by atoms with Gasteiger partial charge in [0.1, 0.15) is 5.75 Å². The Morgan fingerprint density at radius 1 is 1.07 bits per heavy atom. The normalized spacial score (nSPS) is 10.7. The number of ether oxygens (including phenoxy) is 1. The summed E-state index contributed by atoms with van der Waals surface area (Å²) in [5.41, 5.74) is 0. The molecule has 1 aromatic carbocycles. The van der Waals surface area contributed by atoms with Crippen molar-refractivity contribution in [3.05, 3.63) is 48.8 Å². The maximum Gasteiger partial charge on any atom is 0.118 e. The van der Waals surface area contributed by atoms with Crippen LogP contribution in [0.2, 0.25) is 0 Å². The van der Waals surface area contributed by atoms with E-state index >= 15 is 0 Å². The van der Waals surface area contributed by atoms with Crippen molar-refractivity contribution in [2.75, 3.05) is 7.11 Å². The van der Waals surface area contributed by atoms with Crippen molar-refractivity contribution in [2.24, 2.45) is 0 Å². The fourth-order valence-corrected chi connectivity index (χ4v) is 2.26. The number of benzene rings is 1. The zero-order chi connectivity index (χ0) is 10.5. The Morgan fingerprint density at radius 3 is 2.47 bits per heavy atom. The smallest absolute Gasteiger partial charge is 0.118 e. The Labute approximate surface area is 91.1 Å². The van der Waals surface area contributed by atoms with Gasteiger partial charge >= 0.3 is 0 Å². The molecule has 0 spiro atoms. The first kappa shape index (κ1) is 10.1. The third-order valence-electron chi connectivity index (χ3n) is 2.04. The number of hydrogen-bond acceptors (Lipinski definition) is 2. The van der Waals surface area contributed by atoms with Gasteiger partial charge in [-0.3, -0.25) is 4.98 Å². The van der Waals surface area contributed by atoms with E-state index in [1.54, 1.807) is 13.3 Å². The molecule has 0 saturated heterocycles. The second kappa shape index (κ2) is 4.90. The first-order valence-electron chi connectivity index (χ1n) is 4.69. The van der Waals surface area contributed by atoms with E-state index in [9.17, 15) is 0 Å². The molecular formula is C12H12NOP. The van der Waals surface area contributed by atoms with Crippen molar-refractivity contribution >= 4 is 19.2 Å². The van der Waals surface area contributed by atoms with Gasteiger partial charge < -0.3 is 4.74 Å². The summed E-state index contributed by atoms with van der Waals surface area (Å²) >= 11 is 0. The van der Waals surface area contributed by atoms with Gasteiger partial charge in [0, 0.05) is 12.4 Å². The summed E-state index contributed by atoms with van der Waals surface area (Å²) in [6.07, 6.45) is 3.70. The minimum atomic E-state index is 0.656. The molecule has 1 atom stereocenters. The summed E-state index contributed by atoms with van der Waals surface area (Å²) in [7, 11) is 2.34. The monoisotopic (exact) mass is 217 g/mol. The molecule has 2 nitrogen and oxygen atoms in total. The van der Waals surface area contributed by atoms with Gasteiger partial charge in [0.2, 0.25) is 0 Å². The van der Waals surface area contributed by atoms with Crippen LogP contribution in [0.25, 0.3) is 0 Å². The van der Waals surface area contributed by atoms with Gasteiger partial charge in [0.25, 0.3) is 0 Å². The predicted octanol–water partition coefficient (Wildman–Crippen LogP) is 1.72. The molecule has 3 heteroatoms. The van der Waals surface area contributed by atoms with Crippen molar-refractivity contribution in [1.82, 2.24) is 4.98 Å². The van der Waals surface area contributed by atoms with Gasteiger partial charge in [0.15, 0.2) is 0 Å². The summed E-state index contributed by atoms with van der Waals surface area (Å²) in [6, 6.07) is 12.2. The van der Waals surface area contributed by atoms with Crippen LogP contribution in [-0.4, -0.2) is 12.1 Å². The molecule has 15 heavy (non-hydrogen) atoms. The highest BCUT2D eigenvalue weighted by Gasteiger charge is 1.96. The molecule has 1 unspecified atom stereocenters. The lowest BCUT2D eigenvalue weighted by Gasteiger charge is -2.03. The molecule has 0 N–H and O–H groups in total. The van der Waals surface area contributed by atoms with Crippen molar-refractivity contribution in [2.45, 2.75) is 0 Å². The number of aromatic nitrogens is 1. The quantitative estimate of drug-likeness (QED) is 0.730. The van der Waals surface area contributed by atoms with Crippen LogP contribution >= 0.6 is 8.58 Å². The van der Waals surface area contributed by atoms with Crippen molar-refractivity contribution in [1.29, 1.82) is 0 Å². The molecule has 0 bridgehead atoms. The van der Waals surface area contributed by atoms with Gasteiger partial charge in [-0.05, 0) is 28.8 Å². The second-order valence-corrected chi connectivity index (χ2v) is 4.50. The first-order valence-corrected chi connectivity index (χ1v) is 5.69. The Bertz CT molecular complexity index is 413. The average Bonchev–Trinajstić information content (AvgIpc) is 2.31. The zero-order valence-electron chi connectivity index (χ0n) is 8.47. The van der Waals surface area contributed by atoms with Crippen LogP contribution in [0.5, 0.6) is 5.75 Å². The van der Waals surface area contributed by atoms with Gasteiger partial charge in [-0.2, -0.15) is 0 Å². The molecular weight excluding hydrogens is 205 g/mol. The number of pyridine rings is 1. The molecule has 0 aliphatic rings. The molecule has 0 aliphatic carbocycles. The molecule has 0 fully saturated rings. The second-order valence-electron chi connectivity index (χ2n) is 3.10. The molecule has 2 aromatic rings. The fraction of sp³-hybridized carbons (Fsp3) is 0.0833. The Morgan fingerprint density at radius 2 is 1.87 bits per heavy atom. The van der Waals surface area contributed by atoms with E-state index < -0.39 is 0 Å². The van der Waals surface area contributed by atoms with Crippen LogP contribution < -0.4 is 15.3 Å². The van der Waals surface area contributed by atoms with Crippen LogP contribution in [0.4, 0.5) is 0 Å². The molecule has 2 rings (SSSR count). The van der Waals surface area contributed by atoms with E-state index in [1.807, 2.05) is 24.4 Å².